The van der Waals surface area contributed by atoms with E-state index in [2.05, 4.69) is 22.1 Å². The number of thioether (sulfide) groups is 1. The van der Waals surface area contributed by atoms with Gasteiger partial charge in [-0.25, -0.2) is 9.78 Å². The lowest BCUT2D eigenvalue weighted by Gasteiger charge is -2.08. The fourth-order valence-corrected chi connectivity index (χ4v) is 4.78. The topological polar surface area (TPSA) is 124 Å². The van der Waals surface area contributed by atoms with Crippen LogP contribution in [0.1, 0.15) is 31.2 Å². The first-order valence-corrected chi connectivity index (χ1v) is 11.3. The fraction of sp³-hybridized carbons (Fsp3) is 0.316. The Kier molecular flexibility index (Phi) is 6.00. The van der Waals surface area contributed by atoms with E-state index in [0.29, 0.717) is 35.1 Å². The molecule has 0 aliphatic carbocycles. The van der Waals surface area contributed by atoms with Crippen molar-refractivity contribution in [2.45, 2.75) is 42.9 Å². The van der Waals surface area contributed by atoms with Crippen LogP contribution in [0.15, 0.2) is 44.3 Å². The zero-order valence-electron chi connectivity index (χ0n) is 16.4. The molecule has 0 aliphatic rings. The first-order chi connectivity index (χ1) is 14.6. The molecule has 4 rings (SSSR count). The molecule has 0 amide bonds. The Morgan fingerprint density at radius 1 is 1.17 bits per heavy atom. The van der Waals surface area contributed by atoms with Crippen LogP contribution in [0.3, 0.4) is 0 Å². The van der Waals surface area contributed by atoms with Crippen molar-refractivity contribution in [3.63, 3.8) is 0 Å². The molecule has 4 aromatic rings. The van der Waals surface area contributed by atoms with Crippen LogP contribution >= 0.6 is 23.1 Å². The van der Waals surface area contributed by atoms with Gasteiger partial charge in [0.25, 0.3) is 5.56 Å². The van der Waals surface area contributed by atoms with Crippen LogP contribution in [-0.2, 0) is 18.8 Å². The van der Waals surface area contributed by atoms with Crippen molar-refractivity contribution in [1.29, 1.82) is 0 Å². The second-order valence-electron chi connectivity index (χ2n) is 6.73. The van der Waals surface area contributed by atoms with Gasteiger partial charge in [0.15, 0.2) is 15.5 Å². The van der Waals surface area contributed by atoms with Crippen LogP contribution in [0.5, 0.6) is 0 Å². The molecule has 0 aliphatic heterocycles. The molecule has 0 saturated heterocycles. The highest BCUT2D eigenvalue weighted by atomic mass is 32.2. The van der Waals surface area contributed by atoms with Crippen molar-refractivity contribution in [1.82, 2.24) is 29.3 Å². The van der Waals surface area contributed by atoms with Crippen LogP contribution in [0, 0.1) is 0 Å². The van der Waals surface area contributed by atoms with Crippen LogP contribution < -0.4 is 17.0 Å². The molecule has 9 nitrogen and oxygen atoms in total. The van der Waals surface area contributed by atoms with Crippen molar-refractivity contribution in [3.05, 3.63) is 62.6 Å². The number of imidazole rings is 1. The summed E-state index contributed by atoms with van der Waals surface area (Å²) in [6.45, 7) is 3.07. The quantitative estimate of drug-likeness (QED) is 0.401. The Morgan fingerprint density at radius 3 is 2.67 bits per heavy atom. The van der Waals surface area contributed by atoms with E-state index in [1.54, 1.807) is 0 Å². The smallest absolute Gasteiger partial charge is 0.330 e. The third-order valence-corrected chi connectivity index (χ3v) is 6.51. The minimum absolute atomic E-state index is 0.331. The monoisotopic (exact) mass is 443 g/mol. The van der Waals surface area contributed by atoms with E-state index in [9.17, 15) is 9.59 Å². The number of rotatable bonds is 8. The number of nitrogens with zero attached hydrogens (tertiary/aromatic N) is 5. The van der Waals surface area contributed by atoms with Crippen LogP contribution in [0.4, 0.5) is 5.13 Å². The Labute approximate surface area is 180 Å². The van der Waals surface area contributed by atoms with Gasteiger partial charge in [-0.1, -0.05) is 66.8 Å². The largest absolute Gasteiger partial charge is 0.374 e. The standard InChI is InChI=1S/C19H21N7O2S2/c1-2-3-9-25-13(11-29-19-24-23-17(20)30-19)21-15-14(25)16(27)22-18(28)26(15)10-12-7-5-4-6-8-12/h4-8H,2-3,9-11H2,1H3,(H2,20,23)(H,22,27,28). The van der Waals surface area contributed by atoms with Crippen molar-refractivity contribution in [3.8, 4) is 0 Å². The molecular formula is C19H21N7O2S2. The summed E-state index contributed by atoms with van der Waals surface area (Å²) >= 11 is 2.77. The highest BCUT2D eigenvalue weighted by Crippen LogP contribution is 2.27. The van der Waals surface area contributed by atoms with Gasteiger partial charge in [0.2, 0.25) is 5.13 Å². The predicted octanol–water partition coefficient (Wildman–Crippen LogP) is 2.46. The summed E-state index contributed by atoms with van der Waals surface area (Å²) in [6, 6.07) is 9.63. The highest BCUT2D eigenvalue weighted by molar-refractivity contribution is 8.00. The van der Waals surface area contributed by atoms with E-state index in [-0.39, 0.29) is 0 Å². The first-order valence-electron chi connectivity index (χ1n) is 9.54. The summed E-state index contributed by atoms with van der Waals surface area (Å²) in [5, 5.41) is 8.26. The van der Waals surface area contributed by atoms with Gasteiger partial charge in [0.1, 0.15) is 5.82 Å². The normalized spacial score (nSPS) is 11.4. The molecule has 0 fully saturated rings. The Morgan fingerprint density at radius 2 is 1.97 bits per heavy atom. The van der Waals surface area contributed by atoms with Crippen LogP contribution in [0.2, 0.25) is 0 Å². The van der Waals surface area contributed by atoms with E-state index >= 15 is 0 Å². The number of unbranched alkanes of at least 4 members (excludes halogenated alkanes) is 1. The number of hydrogen-bond acceptors (Lipinski definition) is 8. The van der Waals surface area contributed by atoms with Crippen molar-refractivity contribution >= 4 is 39.4 Å². The number of aromatic nitrogens is 6. The third kappa shape index (κ3) is 4.17. The maximum absolute atomic E-state index is 12.7. The average molecular weight is 444 g/mol. The molecule has 0 radical (unpaired) electrons. The first kappa shape index (κ1) is 20.4. The highest BCUT2D eigenvalue weighted by Gasteiger charge is 2.19. The number of nitrogens with two attached hydrogens (primary N) is 1. The van der Waals surface area contributed by atoms with Crippen LogP contribution in [0.25, 0.3) is 11.2 Å². The lowest BCUT2D eigenvalue weighted by atomic mass is 10.2. The number of nitrogens with one attached hydrogen (secondary N) is 1. The predicted molar refractivity (Wildman–Crippen MR) is 119 cm³/mol. The van der Waals surface area contributed by atoms with E-state index in [1.807, 2.05) is 34.9 Å². The summed E-state index contributed by atoms with van der Waals surface area (Å²) in [7, 11) is 0. The van der Waals surface area contributed by atoms with Crippen LogP contribution in [-0.4, -0.2) is 29.3 Å². The third-order valence-electron chi connectivity index (χ3n) is 4.63. The number of aryl methyl sites for hydroxylation is 1. The maximum Gasteiger partial charge on any atom is 0.330 e. The molecule has 0 atom stereocenters. The van der Waals surface area contributed by atoms with E-state index in [1.165, 1.54) is 27.7 Å². The average Bonchev–Trinajstić information content (AvgIpc) is 3.32. The Balaban J connectivity index is 1.80. The number of H-pyrrole nitrogens is 1. The zero-order valence-corrected chi connectivity index (χ0v) is 18.0. The minimum atomic E-state index is -0.465. The van der Waals surface area contributed by atoms with Gasteiger partial charge in [-0.2, -0.15) is 0 Å². The van der Waals surface area contributed by atoms with E-state index in [4.69, 9.17) is 10.7 Å². The van der Waals surface area contributed by atoms with Gasteiger partial charge in [-0.05, 0) is 12.0 Å². The van der Waals surface area contributed by atoms with Crippen molar-refractivity contribution in [2.75, 3.05) is 5.73 Å². The molecule has 11 heteroatoms. The number of hydrogen-bond donors (Lipinski definition) is 2. The summed E-state index contributed by atoms with van der Waals surface area (Å²) in [4.78, 5) is 32.5. The molecule has 3 N–H and O–H groups in total. The molecule has 0 bridgehead atoms. The molecule has 0 saturated carbocycles. The van der Waals surface area contributed by atoms with Crippen molar-refractivity contribution in [2.24, 2.45) is 0 Å². The minimum Gasteiger partial charge on any atom is -0.374 e. The molecule has 1 aromatic carbocycles. The molecule has 3 aromatic heterocycles. The molecule has 3 heterocycles. The summed E-state index contributed by atoms with van der Waals surface area (Å²) in [6.07, 6.45) is 1.87. The molecular weight excluding hydrogens is 422 g/mol. The lowest BCUT2D eigenvalue weighted by molar-refractivity contribution is 0.626. The van der Waals surface area contributed by atoms with E-state index in [0.717, 1.165) is 28.6 Å². The van der Waals surface area contributed by atoms with Gasteiger partial charge < -0.3 is 10.3 Å². The zero-order chi connectivity index (χ0) is 21.1. The molecule has 30 heavy (non-hydrogen) atoms. The van der Waals surface area contributed by atoms with Gasteiger partial charge in [-0.15, -0.1) is 10.2 Å². The van der Waals surface area contributed by atoms with Gasteiger partial charge in [0, 0.05) is 6.54 Å². The van der Waals surface area contributed by atoms with E-state index < -0.39 is 11.2 Å². The SMILES string of the molecule is CCCCn1c(CSc2nnc(N)s2)nc2c1c(=O)[nH]c(=O)n2Cc1ccccc1. The Hall–Kier alpha value is -2.92. The Bertz CT molecular complexity index is 1270. The second kappa shape index (κ2) is 8.84. The number of benzene rings is 1. The fourth-order valence-electron chi connectivity index (χ4n) is 3.20. The summed E-state index contributed by atoms with van der Waals surface area (Å²) < 4.78 is 4.17. The van der Waals surface area contributed by atoms with Crippen molar-refractivity contribution < 1.29 is 0 Å². The summed E-state index contributed by atoms with van der Waals surface area (Å²) in [5.74, 6) is 1.21. The molecule has 0 spiro atoms. The van der Waals surface area contributed by atoms with Gasteiger partial charge in [-0.3, -0.25) is 14.3 Å². The second-order valence-corrected chi connectivity index (χ2v) is 8.96. The van der Waals surface area contributed by atoms with Gasteiger partial charge in [0.05, 0.1) is 12.3 Å². The lowest BCUT2D eigenvalue weighted by Crippen LogP contribution is -2.31. The maximum atomic E-state index is 12.7. The summed E-state index contributed by atoms with van der Waals surface area (Å²) in [5.41, 5.74) is 6.56. The molecule has 0 unspecified atom stereocenters. The number of anilines is 1. The molecule has 156 valence electrons. The number of aromatic amines is 1. The number of nitrogen functional groups attached to an aromatic ring is 1. The van der Waals surface area contributed by atoms with Gasteiger partial charge >= 0.3 is 5.69 Å². The number of fused-ring (bicyclic) bond motifs is 1.